The molecule has 3 heterocycles. The Morgan fingerprint density at radius 3 is 2.75 bits per heavy atom. The first-order valence-corrected chi connectivity index (χ1v) is 8.67. The minimum absolute atomic E-state index is 0.600. The Balaban J connectivity index is 1.54. The van der Waals surface area contributed by atoms with E-state index in [0.717, 1.165) is 25.8 Å². The standard InChI is InChI=1S/C16H31N3O/c1-2-7-17-15-6-11-20-13-16(15)19-10-5-14(12-19)18-8-3-4-9-18/h14-17H,2-13H2,1H3. The van der Waals surface area contributed by atoms with Crippen molar-refractivity contribution in [1.82, 2.24) is 15.1 Å². The molecule has 0 bridgehead atoms. The quantitative estimate of drug-likeness (QED) is 0.822. The van der Waals surface area contributed by atoms with Gasteiger partial charge in [0, 0.05) is 37.8 Å². The van der Waals surface area contributed by atoms with Crippen LogP contribution in [0.25, 0.3) is 0 Å². The van der Waals surface area contributed by atoms with Gasteiger partial charge in [0.2, 0.25) is 0 Å². The zero-order valence-electron chi connectivity index (χ0n) is 13.0. The molecule has 0 aromatic carbocycles. The van der Waals surface area contributed by atoms with Crippen LogP contribution < -0.4 is 5.32 Å². The van der Waals surface area contributed by atoms with E-state index in [1.54, 1.807) is 0 Å². The molecule has 3 aliphatic rings. The van der Waals surface area contributed by atoms with Crippen LogP contribution in [0.4, 0.5) is 0 Å². The van der Waals surface area contributed by atoms with E-state index in [1.165, 1.54) is 58.3 Å². The van der Waals surface area contributed by atoms with Crippen molar-refractivity contribution in [3.63, 3.8) is 0 Å². The van der Waals surface area contributed by atoms with Crippen LogP contribution >= 0.6 is 0 Å². The van der Waals surface area contributed by atoms with Gasteiger partial charge in [0.1, 0.15) is 0 Å². The Hall–Kier alpha value is -0.160. The lowest BCUT2D eigenvalue weighted by Gasteiger charge is -2.38. The SMILES string of the molecule is CCCNC1CCOCC1N1CCC(N2CCCC2)C1. The second-order valence-electron chi connectivity index (χ2n) is 6.67. The summed E-state index contributed by atoms with van der Waals surface area (Å²) < 4.78 is 5.77. The molecule has 3 unspecified atom stereocenters. The summed E-state index contributed by atoms with van der Waals surface area (Å²) in [5, 5.41) is 3.75. The number of rotatable bonds is 5. The van der Waals surface area contributed by atoms with Gasteiger partial charge < -0.3 is 10.1 Å². The van der Waals surface area contributed by atoms with Crippen LogP contribution in [0.5, 0.6) is 0 Å². The van der Waals surface area contributed by atoms with Crippen molar-refractivity contribution in [3.05, 3.63) is 0 Å². The fourth-order valence-electron chi connectivity index (χ4n) is 4.12. The molecule has 0 radical (unpaired) electrons. The number of nitrogens with one attached hydrogen (secondary N) is 1. The van der Waals surface area contributed by atoms with Crippen molar-refractivity contribution in [2.75, 3.05) is 45.9 Å². The van der Waals surface area contributed by atoms with Gasteiger partial charge in [0.25, 0.3) is 0 Å². The van der Waals surface area contributed by atoms with Gasteiger partial charge in [-0.05, 0) is 51.7 Å². The minimum atomic E-state index is 0.600. The summed E-state index contributed by atoms with van der Waals surface area (Å²) >= 11 is 0. The zero-order chi connectivity index (χ0) is 13.8. The van der Waals surface area contributed by atoms with Crippen LogP contribution in [-0.4, -0.2) is 73.9 Å². The molecule has 3 rings (SSSR count). The fourth-order valence-corrected chi connectivity index (χ4v) is 4.12. The molecule has 1 N–H and O–H groups in total. The monoisotopic (exact) mass is 281 g/mol. The number of likely N-dealkylation sites (tertiary alicyclic amines) is 2. The van der Waals surface area contributed by atoms with E-state index in [-0.39, 0.29) is 0 Å². The van der Waals surface area contributed by atoms with Gasteiger partial charge in [0.15, 0.2) is 0 Å². The van der Waals surface area contributed by atoms with Gasteiger partial charge in [-0.2, -0.15) is 0 Å². The third-order valence-electron chi connectivity index (χ3n) is 5.30. The Bertz CT molecular complexity index is 293. The van der Waals surface area contributed by atoms with Crippen molar-refractivity contribution in [3.8, 4) is 0 Å². The van der Waals surface area contributed by atoms with Gasteiger partial charge in [0.05, 0.1) is 6.61 Å². The maximum absolute atomic E-state index is 5.77. The average molecular weight is 281 g/mol. The van der Waals surface area contributed by atoms with Gasteiger partial charge in [-0.1, -0.05) is 6.92 Å². The molecule has 0 aromatic heterocycles. The third kappa shape index (κ3) is 3.35. The summed E-state index contributed by atoms with van der Waals surface area (Å²) in [6.07, 6.45) is 6.57. The Kier molecular flexibility index (Phi) is 5.32. The second kappa shape index (κ2) is 7.21. The largest absolute Gasteiger partial charge is 0.380 e. The minimum Gasteiger partial charge on any atom is -0.380 e. The molecular formula is C16H31N3O. The second-order valence-corrected chi connectivity index (χ2v) is 6.67. The molecule has 3 fully saturated rings. The van der Waals surface area contributed by atoms with Crippen molar-refractivity contribution in [2.45, 2.75) is 57.2 Å². The maximum atomic E-state index is 5.77. The van der Waals surface area contributed by atoms with Crippen LogP contribution in [0.1, 0.15) is 39.0 Å². The molecule has 0 spiro atoms. The van der Waals surface area contributed by atoms with Gasteiger partial charge >= 0.3 is 0 Å². The summed E-state index contributed by atoms with van der Waals surface area (Å²) in [6, 6.07) is 2.05. The van der Waals surface area contributed by atoms with Gasteiger partial charge in [-0.25, -0.2) is 0 Å². The number of hydrogen-bond donors (Lipinski definition) is 1. The molecule has 0 saturated carbocycles. The predicted octanol–water partition coefficient (Wildman–Crippen LogP) is 1.31. The molecule has 3 saturated heterocycles. The highest BCUT2D eigenvalue weighted by Gasteiger charge is 2.37. The number of ether oxygens (including phenoxy) is 1. The van der Waals surface area contributed by atoms with E-state index in [9.17, 15) is 0 Å². The number of hydrogen-bond acceptors (Lipinski definition) is 4. The van der Waals surface area contributed by atoms with Crippen molar-refractivity contribution >= 4 is 0 Å². The first-order valence-electron chi connectivity index (χ1n) is 8.67. The summed E-state index contributed by atoms with van der Waals surface area (Å²) in [5.74, 6) is 0. The normalized spacial score (nSPS) is 36.8. The lowest BCUT2D eigenvalue weighted by atomic mass is 10.0. The molecule has 0 aliphatic carbocycles. The summed E-state index contributed by atoms with van der Waals surface area (Å²) in [4.78, 5) is 5.42. The molecule has 4 heteroatoms. The molecule has 116 valence electrons. The molecule has 20 heavy (non-hydrogen) atoms. The third-order valence-corrected chi connectivity index (χ3v) is 5.30. The van der Waals surface area contributed by atoms with Crippen molar-refractivity contribution in [1.29, 1.82) is 0 Å². The Morgan fingerprint density at radius 1 is 1.10 bits per heavy atom. The lowest BCUT2D eigenvalue weighted by Crippen LogP contribution is -2.55. The molecule has 3 aliphatic heterocycles. The molecule has 0 amide bonds. The average Bonchev–Trinajstić information content (AvgIpc) is 3.15. The first-order chi connectivity index (χ1) is 9.88. The first kappa shape index (κ1) is 14.8. The maximum Gasteiger partial charge on any atom is 0.0637 e. The Morgan fingerprint density at radius 2 is 1.95 bits per heavy atom. The van der Waals surface area contributed by atoms with Crippen LogP contribution in [0.2, 0.25) is 0 Å². The summed E-state index contributed by atoms with van der Waals surface area (Å²) in [5.41, 5.74) is 0. The molecule has 3 atom stereocenters. The smallest absolute Gasteiger partial charge is 0.0637 e. The van der Waals surface area contributed by atoms with E-state index in [0.29, 0.717) is 12.1 Å². The van der Waals surface area contributed by atoms with Crippen LogP contribution in [0.3, 0.4) is 0 Å². The van der Waals surface area contributed by atoms with Crippen molar-refractivity contribution in [2.24, 2.45) is 0 Å². The fraction of sp³-hybridized carbons (Fsp3) is 1.00. The lowest BCUT2D eigenvalue weighted by molar-refractivity contribution is 0.00310. The highest BCUT2D eigenvalue weighted by molar-refractivity contribution is 4.94. The predicted molar refractivity (Wildman–Crippen MR) is 82.1 cm³/mol. The topological polar surface area (TPSA) is 27.7 Å². The zero-order valence-corrected chi connectivity index (χ0v) is 13.0. The van der Waals surface area contributed by atoms with E-state index in [4.69, 9.17) is 4.74 Å². The van der Waals surface area contributed by atoms with Gasteiger partial charge in [-0.3, -0.25) is 9.80 Å². The van der Waals surface area contributed by atoms with E-state index in [1.807, 2.05) is 0 Å². The highest BCUT2D eigenvalue weighted by Crippen LogP contribution is 2.24. The highest BCUT2D eigenvalue weighted by atomic mass is 16.5. The molecule has 0 aromatic rings. The summed E-state index contributed by atoms with van der Waals surface area (Å²) in [6.45, 7) is 10.4. The summed E-state index contributed by atoms with van der Waals surface area (Å²) in [7, 11) is 0. The Labute approximate surface area is 123 Å². The van der Waals surface area contributed by atoms with E-state index >= 15 is 0 Å². The molecule has 4 nitrogen and oxygen atoms in total. The van der Waals surface area contributed by atoms with Crippen LogP contribution in [0.15, 0.2) is 0 Å². The number of nitrogens with zero attached hydrogens (tertiary/aromatic N) is 2. The van der Waals surface area contributed by atoms with Crippen LogP contribution in [0, 0.1) is 0 Å². The van der Waals surface area contributed by atoms with E-state index in [2.05, 4.69) is 22.0 Å². The van der Waals surface area contributed by atoms with Gasteiger partial charge in [-0.15, -0.1) is 0 Å². The molecular weight excluding hydrogens is 250 g/mol. The van der Waals surface area contributed by atoms with Crippen molar-refractivity contribution < 1.29 is 4.74 Å². The van der Waals surface area contributed by atoms with E-state index < -0.39 is 0 Å². The van der Waals surface area contributed by atoms with Crippen LogP contribution in [-0.2, 0) is 4.74 Å².